The third-order valence-electron chi connectivity index (χ3n) is 9.96. The Labute approximate surface area is 289 Å². The zero-order chi connectivity index (χ0) is 36.2. The molecular weight excluding hydrogens is 648 g/mol. The van der Waals surface area contributed by atoms with Crippen LogP contribution >= 0.6 is 0 Å². The van der Waals surface area contributed by atoms with Gasteiger partial charge in [-0.2, -0.15) is 0 Å². The minimum Gasteiger partial charge on any atom is -0.488 e. The molecule has 0 radical (unpaired) electrons. The SMILES string of the molecule is COC(=O)c1cc(OCc2ccccc2)c2c(c1)N1C[C@H]3[C@H](N3C(=O)OC(C)(C)C)C1(OC(C)=O)[C@@]2(C=O)COCO[Si](C)(C)C(C)(C)C. The molecule has 266 valence electrons. The van der Waals surface area contributed by atoms with E-state index in [1.807, 2.05) is 30.3 Å². The van der Waals surface area contributed by atoms with Crippen molar-refractivity contribution < 1.29 is 47.3 Å². The van der Waals surface area contributed by atoms with Crippen LogP contribution in [0.25, 0.3) is 0 Å². The summed E-state index contributed by atoms with van der Waals surface area (Å²) in [6, 6.07) is 11.3. The molecule has 3 aliphatic heterocycles. The van der Waals surface area contributed by atoms with Crippen molar-refractivity contribution in [3.63, 3.8) is 0 Å². The molecule has 0 bridgehead atoms. The number of hydrogen-bond donors (Lipinski definition) is 0. The molecule has 0 N–H and O–H groups in total. The minimum absolute atomic E-state index is 0.0994. The van der Waals surface area contributed by atoms with E-state index in [0.717, 1.165) is 5.56 Å². The number of esters is 2. The van der Waals surface area contributed by atoms with E-state index in [2.05, 4.69) is 33.9 Å². The average Bonchev–Trinajstić information content (AvgIpc) is 3.58. The summed E-state index contributed by atoms with van der Waals surface area (Å²) in [5.74, 6) is -1.07. The van der Waals surface area contributed by atoms with E-state index in [0.29, 0.717) is 17.5 Å². The van der Waals surface area contributed by atoms with Crippen LogP contribution in [0.3, 0.4) is 0 Å². The molecule has 12 nitrogen and oxygen atoms in total. The Morgan fingerprint density at radius 3 is 2.29 bits per heavy atom. The maximum absolute atomic E-state index is 13.9. The van der Waals surface area contributed by atoms with Gasteiger partial charge in [0.2, 0.25) is 5.72 Å². The molecule has 1 amide bonds. The fourth-order valence-corrected chi connectivity index (χ4v) is 7.47. The van der Waals surface area contributed by atoms with Gasteiger partial charge in [0.15, 0.2) is 8.32 Å². The van der Waals surface area contributed by atoms with Crippen LogP contribution in [0.1, 0.15) is 70.0 Å². The first-order chi connectivity index (χ1) is 22.8. The van der Waals surface area contributed by atoms with Crippen LogP contribution in [0.5, 0.6) is 5.75 Å². The molecule has 0 saturated carbocycles. The highest BCUT2D eigenvalue weighted by molar-refractivity contribution is 6.74. The van der Waals surface area contributed by atoms with Crippen molar-refractivity contribution in [1.29, 1.82) is 0 Å². The maximum atomic E-state index is 13.9. The number of benzene rings is 2. The highest BCUT2D eigenvalue weighted by Gasteiger charge is 2.83. The van der Waals surface area contributed by atoms with Crippen LogP contribution < -0.4 is 9.64 Å². The zero-order valence-corrected chi connectivity index (χ0v) is 31.1. The predicted octanol–water partition coefficient (Wildman–Crippen LogP) is 5.57. The third kappa shape index (κ3) is 6.32. The highest BCUT2D eigenvalue weighted by atomic mass is 28.4. The van der Waals surface area contributed by atoms with Gasteiger partial charge in [-0.3, -0.25) is 9.69 Å². The smallest absolute Gasteiger partial charge is 0.411 e. The Balaban J connectivity index is 1.67. The minimum atomic E-state index is -2.25. The van der Waals surface area contributed by atoms with Crippen molar-refractivity contribution in [2.75, 3.05) is 32.0 Å². The summed E-state index contributed by atoms with van der Waals surface area (Å²) in [6.07, 6.45) is 0.116. The van der Waals surface area contributed by atoms with Crippen molar-refractivity contribution in [3.8, 4) is 5.75 Å². The van der Waals surface area contributed by atoms with Crippen molar-refractivity contribution in [2.24, 2.45) is 0 Å². The number of rotatable bonds is 11. The molecule has 2 fully saturated rings. The van der Waals surface area contributed by atoms with Crippen LogP contribution in [0.2, 0.25) is 18.1 Å². The Morgan fingerprint density at radius 2 is 1.71 bits per heavy atom. The number of nitrogens with zero attached hydrogens (tertiary/aromatic N) is 2. The van der Waals surface area contributed by atoms with E-state index in [1.165, 1.54) is 25.0 Å². The van der Waals surface area contributed by atoms with Crippen LogP contribution in [-0.4, -0.2) is 88.0 Å². The van der Waals surface area contributed by atoms with Gasteiger partial charge in [-0.25, -0.2) is 9.59 Å². The quantitative estimate of drug-likeness (QED) is 0.0557. The fourth-order valence-electron chi connectivity index (χ4n) is 6.66. The summed E-state index contributed by atoms with van der Waals surface area (Å²) in [4.78, 5) is 56.8. The second kappa shape index (κ2) is 12.7. The van der Waals surface area contributed by atoms with E-state index < -0.39 is 55.2 Å². The lowest BCUT2D eigenvalue weighted by Crippen LogP contribution is -2.66. The van der Waals surface area contributed by atoms with Gasteiger partial charge in [0.25, 0.3) is 0 Å². The normalized spacial score (nSPS) is 24.0. The van der Waals surface area contributed by atoms with Gasteiger partial charge in [0.05, 0.1) is 25.3 Å². The number of piperazine rings is 1. The molecule has 4 atom stereocenters. The molecule has 2 aromatic carbocycles. The van der Waals surface area contributed by atoms with Crippen LogP contribution in [-0.2, 0) is 45.0 Å². The van der Waals surface area contributed by atoms with Gasteiger partial charge < -0.3 is 37.8 Å². The van der Waals surface area contributed by atoms with Crippen LogP contribution in [0.15, 0.2) is 42.5 Å². The standard InChI is InChI=1S/C36H48N2O10Si/c1-23(40)47-36-30-27(38(30)32(42)48-33(2,3)4)18-37(36)26-16-25(31(41)43-8)17-28(45-19-24-14-12-11-13-15-24)29(26)35(36,20-39)21-44-22-46-49(9,10)34(5,6)7/h11-17,20,27,30H,18-19,21-22H2,1-10H3/t27-,30-,35-,36?,38?/m0/s1. The van der Waals surface area contributed by atoms with Crippen LogP contribution in [0.4, 0.5) is 10.5 Å². The monoisotopic (exact) mass is 696 g/mol. The first-order valence-electron chi connectivity index (χ1n) is 16.4. The second-order valence-corrected chi connectivity index (χ2v) is 20.2. The van der Waals surface area contributed by atoms with Crippen LogP contribution in [0, 0.1) is 0 Å². The number of fused-ring (bicyclic) bond motifs is 5. The molecule has 0 aromatic heterocycles. The number of carbonyl (C=O) groups excluding carboxylic acids is 4. The molecule has 0 spiro atoms. The third-order valence-corrected chi connectivity index (χ3v) is 14.4. The number of hydrogen-bond acceptors (Lipinski definition) is 11. The Hall–Kier alpha value is -3.94. The lowest BCUT2D eigenvalue weighted by Gasteiger charge is -2.45. The second-order valence-electron chi connectivity index (χ2n) is 15.4. The molecule has 0 aliphatic carbocycles. The molecule has 3 heterocycles. The molecular formula is C36H48N2O10Si. The van der Waals surface area contributed by atoms with Gasteiger partial charge in [-0.1, -0.05) is 51.1 Å². The molecule has 2 saturated heterocycles. The zero-order valence-electron chi connectivity index (χ0n) is 30.1. The van der Waals surface area contributed by atoms with Gasteiger partial charge in [-0.05, 0) is 56.6 Å². The van der Waals surface area contributed by atoms with E-state index in [-0.39, 0.29) is 42.9 Å². The summed E-state index contributed by atoms with van der Waals surface area (Å²) in [5, 5.41) is -0.0994. The summed E-state index contributed by atoms with van der Waals surface area (Å²) >= 11 is 0. The lowest BCUT2D eigenvalue weighted by molar-refractivity contribution is -0.171. The number of ether oxygens (including phenoxy) is 5. The Kier molecular flexibility index (Phi) is 9.45. The summed E-state index contributed by atoms with van der Waals surface area (Å²) < 4.78 is 36.1. The molecule has 2 aromatic rings. The summed E-state index contributed by atoms with van der Waals surface area (Å²) in [5.41, 5.74) is -2.46. The van der Waals surface area contributed by atoms with E-state index in [9.17, 15) is 19.2 Å². The van der Waals surface area contributed by atoms with Crippen molar-refractivity contribution in [2.45, 2.75) is 102 Å². The molecule has 49 heavy (non-hydrogen) atoms. The largest absolute Gasteiger partial charge is 0.488 e. The topological polar surface area (TPSA) is 130 Å². The van der Waals surface area contributed by atoms with Crippen molar-refractivity contribution >= 4 is 38.3 Å². The van der Waals surface area contributed by atoms with Gasteiger partial charge >= 0.3 is 18.0 Å². The lowest BCUT2D eigenvalue weighted by atomic mass is 9.73. The predicted molar refractivity (Wildman–Crippen MR) is 183 cm³/mol. The molecule has 13 heteroatoms. The maximum Gasteiger partial charge on any atom is 0.411 e. The van der Waals surface area contributed by atoms with Gasteiger partial charge in [0.1, 0.15) is 42.5 Å². The number of aldehydes is 1. The van der Waals surface area contributed by atoms with E-state index >= 15 is 0 Å². The number of carbonyl (C=O) groups is 4. The Morgan fingerprint density at radius 1 is 1.04 bits per heavy atom. The van der Waals surface area contributed by atoms with Gasteiger partial charge in [-0.15, -0.1) is 0 Å². The van der Waals surface area contributed by atoms with Crippen molar-refractivity contribution in [3.05, 3.63) is 59.2 Å². The summed E-state index contributed by atoms with van der Waals surface area (Å²) in [7, 11) is -0.977. The number of methoxy groups -OCH3 is 1. The van der Waals surface area contributed by atoms with E-state index in [4.69, 9.17) is 28.1 Å². The molecule has 3 aliphatic rings. The molecule has 1 unspecified atom stereocenters. The number of amides is 1. The van der Waals surface area contributed by atoms with Gasteiger partial charge in [0, 0.05) is 24.7 Å². The first-order valence-corrected chi connectivity index (χ1v) is 19.3. The first kappa shape index (κ1) is 36.3. The molecule has 5 rings (SSSR count). The highest BCUT2D eigenvalue weighted by Crippen LogP contribution is 2.65. The van der Waals surface area contributed by atoms with E-state index in [1.54, 1.807) is 31.7 Å². The summed E-state index contributed by atoms with van der Waals surface area (Å²) in [6.45, 7) is 16.9. The average molecular weight is 697 g/mol. The Bertz CT molecular complexity index is 1620. The fraction of sp³-hybridized carbons (Fsp3) is 0.556. The number of anilines is 1. The van der Waals surface area contributed by atoms with Crippen molar-refractivity contribution in [1.82, 2.24) is 4.90 Å².